The summed E-state index contributed by atoms with van der Waals surface area (Å²) in [6.45, 7) is 3.76. The number of benzene rings is 3. The molecule has 1 aromatic heterocycles. The number of nitrogens with one attached hydrogen (secondary N) is 1. The first kappa shape index (κ1) is 27.3. The van der Waals surface area contributed by atoms with Crippen molar-refractivity contribution in [3.8, 4) is 28.4 Å². The summed E-state index contributed by atoms with van der Waals surface area (Å²) in [5.74, 6) is 1.44. The average molecular weight is 604 g/mol. The number of methoxy groups -OCH3 is 2. The largest absolute Gasteiger partial charge is 0.497 e. The summed E-state index contributed by atoms with van der Waals surface area (Å²) < 4.78 is 13.8. The Balaban J connectivity index is 1.39. The predicted molar refractivity (Wildman–Crippen MR) is 160 cm³/mol. The Morgan fingerprint density at radius 1 is 0.800 bits per heavy atom. The van der Waals surface area contributed by atoms with Crippen molar-refractivity contribution in [2.75, 3.05) is 45.7 Å². The molecular weight excluding hydrogens is 572 g/mol. The second-order valence-corrected chi connectivity index (χ2v) is 10.4. The van der Waals surface area contributed by atoms with Gasteiger partial charge in [-0.2, -0.15) is 0 Å². The Labute approximate surface area is 242 Å². The molecule has 5 rings (SSSR count). The second kappa shape index (κ2) is 11.9. The van der Waals surface area contributed by atoms with Crippen molar-refractivity contribution < 1.29 is 19.1 Å². The Bertz CT molecular complexity index is 1520. The van der Waals surface area contributed by atoms with Crippen LogP contribution in [0.5, 0.6) is 11.5 Å². The van der Waals surface area contributed by atoms with E-state index in [2.05, 4.69) is 25.8 Å². The number of piperazine rings is 1. The first-order chi connectivity index (χ1) is 19.4. The number of urea groups is 1. The third-order valence-electron chi connectivity index (χ3n) is 7.10. The van der Waals surface area contributed by atoms with Crippen LogP contribution in [0.2, 0.25) is 0 Å². The third kappa shape index (κ3) is 5.70. The van der Waals surface area contributed by atoms with E-state index < -0.39 is 0 Å². The van der Waals surface area contributed by atoms with Crippen molar-refractivity contribution in [1.29, 1.82) is 0 Å². The molecule has 206 valence electrons. The molecule has 0 saturated carbocycles. The number of aromatic nitrogens is 1. The first-order valence-electron chi connectivity index (χ1n) is 13.0. The fourth-order valence-corrected chi connectivity index (χ4v) is 5.33. The molecule has 3 amide bonds. The van der Waals surface area contributed by atoms with Gasteiger partial charge < -0.3 is 29.2 Å². The van der Waals surface area contributed by atoms with Gasteiger partial charge in [-0.25, -0.2) is 4.79 Å². The van der Waals surface area contributed by atoms with Gasteiger partial charge in [0.25, 0.3) is 5.91 Å². The topological polar surface area (TPSA) is 76.0 Å². The zero-order valence-corrected chi connectivity index (χ0v) is 24.3. The van der Waals surface area contributed by atoms with Gasteiger partial charge in [0, 0.05) is 53.8 Å². The molecule has 4 aromatic rings. The van der Waals surface area contributed by atoms with Crippen molar-refractivity contribution >= 4 is 33.6 Å². The lowest BCUT2D eigenvalue weighted by molar-refractivity contribution is 0.0671. The van der Waals surface area contributed by atoms with Gasteiger partial charge in [0.05, 0.1) is 25.5 Å². The van der Waals surface area contributed by atoms with Crippen LogP contribution in [0.1, 0.15) is 16.1 Å². The molecule has 8 nitrogen and oxygen atoms in total. The molecule has 0 atom stereocenters. The first-order valence-corrected chi connectivity index (χ1v) is 13.8. The van der Waals surface area contributed by atoms with Gasteiger partial charge >= 0.3 is 6.03 Å². The molecule has 0 bridgehead atoms. The number of halogens is 1. The standard InChI is InChI=1S/C31H31BrN4O4/c1-21-28(30(37)34-14-16-35(17-15-34)31(38)33-24-7-4-6-23(32)18-24)20-29(22-10-12-26(39-2)13-11-22)36(21)25-8-5-9-27(19-25)40-3/h4-13,18-20H,14-17H2,1-3H3,(H,33,38). The van der Waals surface area contributed by atoms with E-state index in [0.29, 0.717) is 31.7 Å². The van der Waals surface area contributed by atoms with Crippen LogP contribution in [0, 0.1) is 6.92 Å². The zero-order chi connectivity index (χ0) is 28.2. The molecule has 0 unspecified atom stereocenters. The average Bonchev–Trinajstić information content (AvgIpc) is 3.33. The minimum Gasteiger partial charge on any atom is -0.497 e. The number of hydrogen-bond donors (Lipinski definition) is 1. The van der Waals surface area contributed by atoms with Crippen LogP contribution >= 0.6 is 15.9 Å². The second-order valence-electron chi connectivity index (χ2n) is 9.51. The van der Waals surface area contributed by atoms with E-state index in [0.717, 1.165) is 44.3 Å². The molecule has 0 aliphatic carbocycles. The number of carbonyl (C=O) groups is 2. The number of carbonyl (C=O) groups excluding carboxylic acids is 2. The number of rotatable bonds is 6. The lowest BCUT2D eigenvalue weighted by atomic mass is 10.1. The summed E-state index contributed by atoms with van der Waals surface area (Å²) in [5.41, 5.74) is 4.93. The monoisotopic (exact) mass is 602 g/mol. The van der Waals surface area contributed by atoms with Gasteiger partial charge in [0.2, 0.25) is 0 Å². The van der Waals surface area contributed by atoms with Crippen LogP contribution in [0.15, 0.2) is 83.3 Å². The third-order valence-corrected chi connectivity index (χ3v) is 7.60. The van der Waals surface area contributed by atoms with Gasteiger partial charge in [-0.3, -0.25) is 4.79 Å². The van der Waals surface area contributed by atoms with Crippen molar-refractivity contribution in [1.82, 2.24) is 14.4 Å². The molecule has 1 saturated heterocycles. The number of anilines is 1. The van der Waals surface area contributed by atoms with Gasteiger partial charge in [0.15, 0.2) is 0 Å². The molecule has 3 aromatic carbocycles. The van der Waals surface area contributed by atoms with Crippen LogP contribution in [-0.2, 0) is 0 Å². The smallest absolute Gasteiger partial charge is 0.321 e. The van der Waals surface area contributed by atoms with E-state index in [9.17, 15) is 9.59 Å². The molecule has 1 N–H and O–H groups in total. The highest BCUT2D eigenvalue weighted by molar-refractivity contribution is 9.10. The number of nitrogens with zero attached hydrogens (tertiary/aromatic N) is 3. The number of amides is 3. The molecule has 1 aliphatic rings. The van der Waals surface area contributed by atoms with Crippen molar-refractivity contribution in [2.45, 2.75) is 6.92 Å². The summed E-state index contributed by atoms with van der Waals surface area (Å²) in [4.78, 5) is 30.2. The summed E-state index contributed by atoms with van der Waals surface area (Å²) >= 11 is 3.43. The maximum atomic E-state index is 13.8. The molecular formula is C31H31BrN4O4. The summed E-state index contributed by atoms with van der Waals surface area (Å²) in [6, 6.07) is 24.8. The Morgan fingerprint density at radius 3 is 2.15 bits per heavy atom. The van der Waals surface area contributed by atoms with Crippen LogP contribution in [0.25, 0.3) is 16.9 Å². The van der Waals surface area contributed by atoms with Crippen LogP contribution in [0.4, 0.5) is 10.5 Å². The van der Waals surface area contributed by atoms with E-state index in [1.807, 2.05) is 90.7 Å². The van der Waals surface area contributed by atoms with Crippen LogP contribution in [0.3, 0.4) is 0 Å². The van der Waals surface area contributed by atoms with Crippen molar-refractivity contribution in [2.24, 2.45) is 0 Å². The number of ether oxygens (including phenoxy) is 2. The zero-order valence-electron chi connectivity index (χ0n) is 22.7. The molecule has 9 heteroatoms. The summed E-state index contributed by atoms with van der Waals surface area (Å²) in [7, 11) is 3.28. The van der Waals surface area contributed by atoms with Gasteiger partial charge in [-0.15, -0.1) is 0 Å². The highest BCUT2D eigenvalue weighted by atomic mass is 79.9. The van der Waals surface area contributed by atoms with E-state index in [-0.39, 0.29) is 11.9 Å². The quantitative estimate of drug-likeness (QED) is 0.284. The Hall–Kier alpha value is -4.24. The summed E-state index contributed by atoms with van der Waals surface area (Å²) in [5, 5.41) is 2.93. The maximum absolute atomic E-state index is 13.8. The minimum atomic E-state index is -0.174. The highest BCUT2D eigenvalue weighted by Gasteiger charge is 2.28. The van der Waals surface area contributed by atoms with Crippen molar-refractivity contribution in [3.05, 3.63) is 94.6 Å². The van der Waals surface area contributed by atoms with Crippen molar-refractivity contribution in [3.63, 3.8) is 0 Å². The molecule has 0 spiro atoms. The Kier molecular flexibility index (Phi) is 8.11. The molecule has 0 radical (unpaired) electrons. The molecule has 1 fully saturated rings. The van der Waals surface area contributed by atoms with E-state index >= 15 is 0 Å². The Morgan fingerprint density at radius 2 is 1.48 bits per heavy atom. The lowest BCUT2D eigenvalue weighted by Gasteiger charge is -2.34. The summed E-state index contributed by atoms with van der Waals surface area (Å²) in [6.07, 6.45) is 0. The van der Waals surface area contributed by atoms with Gasteiger partial charge in [-0.05, 0) is 73.2 Å². The van der Waals surface area contributed by atoms with E-state index in [4.69, 9.17) is 9.47 Å². The molecule has 2 heterocycles. The SMILES string of the molecule is COc1ccc(-c2cc(C(=O)N3CCN(C(=O)Nc4cccc(Br)c4)CC3)c(C)n2-c2cccc(OC)c2)cc1. The molecule has 40 heavy (non-hydrogen) atoms. The normalized spacial score (nSPS) is 13.2. The molecule has 1 aliphatic heterocycles. The fraction of sp³-hybridized carbons (Fsp3) is 0.226. The minimum absolute atomic E-state index is 0.0547. The van der Waals surface area contributed by atoms with Crippen LogP contribution < -0.4 is 14.8 Å². The number of hydrogen-bond acceptors (Lipinski definition) is 4. The predicted octanol–water partition coefficient (Wildman–Crippen LogP) is 6.22. The highest BCUT2D eigenvalue weighted by Crippen LogP contribution is 2.32. The maximum Gasteiger partial charge on any atom is 0.321 e. The van der Waals surface area contributed by atoms with E-state index in [1.165, 1.54) is 0 Å². The van der Waals surface area contributed by atoms with Gasteiger partial charge in [-0.1, -0.05) is 28.1 Å². The van der Waals surface area contributed by atoms with Crippen LogP contribution in [-0.4, -0.2) is 66.7 Å². The lowest BCUT2D eigenvalue weighted by Crippen LogP contribution is -2.51. The van der Waals surface area contributed by atoms with E-state index in [1.54, 1.807) is 19.1 Å². The fourth-order valence-electron chi connectivity index (χ4n) is 4.93. The van der Waals surface area contributed by atoms with Gasteiger partial charge in [0.1, 0.15) is 11.5 Å².